The Bertz CT molecular complexity index is 1300. The Morgan fingerprint density at radius 2 is 1.82 bits per heavy atom. The maximum absolute atomic E-state index is 14.2. The molecule has 6 rings (SSSR count). The molecule has 5 nitrogen and oxygen atoms in total. The Morgan fingerprint density at radius 1 is 1.00 bits per heavy atom. The van der Waals surface area contributed by atoms with Gasteiger partial charge in [-0.3, -0.25) is 9.88 Å². The van der Waals surface area contributed by atoms with Gasteiger partial charge in [0.2, 0.25) is 0 Å². The molecule has 1 saturated carbocycles. The number of pyridine rings is 1. The van der Waals surface area contributed by atoms with Crippen LogP contribution in [-0.4, -0.2) is 49.2 Å². The molecule has 1 aliphatic heterocycles. The molecule has 0 N–H and O–H groups in total. The van der Waals surface area contributed by atoms with Gasteiger partial charge in [0.1, 0.15) is 17.1 Å². The lowest BCUT2D eigenvalue weighted by atomic mass is 9.81. The topological polar surface area (TPSA) is 41.7 Å². The first kappa shape index (κ1) is 21.4. The zero-order valence-electron chi connectivity index (χ0n) is 19.5. The van der Waals surface area contributed by atoms with Crippen molar-refractivity contribution in [3.05, 3.63) is 66.3 Å². The van der Waals surface area contributed by atoms with Gasteiger partial charge in [-0.25, -0.2) is 4.39 Å². The summed E-state index contributed by atoms with van der Waals surface area (Å²) in [6.07, 6.45) is 8.49. The number of hydrogen-bond donors (Lipinski definition) is 0. The lowest BCUT2D eigenvalue weighted by molar-refractivity contribution is 0.141. The number of anilines is 1. The number of piperazine rings is 1. The second-order valence-corrected chi connectivity index (χ2v) is 9.58. The average molecular weight is 460 g/mol. The minimum absolute atomic E-state index is 0.194. The highest BCUT2D eigenvalue weighted by Crippen LogP contribution is 2.40. The smallest absolute Gasteiger partial charge is 0.134 e. The Balaban J connectivity index is 1.10. The first-order valence-electron chi connectivity index (χ1n) is 12.3. The van der Waals surface area contributed by atoms with Crippen molar-refractivity contribution in [3.63, 3.8) is 0 Å². The molecule has 6 heteroatoms. The number of halogens is 1. The number of rotatable bonds is 4. The molecule has 0 spiro atoms. The normalized spacial score (nSPS) is 21.9. The fourth-order valence-corrected chi connectivity index (χ4v) is 5.93. The summed E-state index contributed by atoms with van der Waals surface area (Å²) in [6, 6.07) is 13.7. The van der Waals surface area contributed by atoms with Gasteiger partial charge >= 0.3 is 0 Å². The molecule has 2 fully saturated rings. The number of furan rings is 1. The molecule has 4 aromatic rings. The van der Waals surface area contributed by atoms with Crippen molar-refractivity contribution < 1.29 is 13.5 Å². The number of nitrogens with zero attached hydrogens (tertiary/aromatic N) is 3. The van der Waals surface area contributed by atoms with E-state index in [0.717, 1.165) is 54.1 Å². The van der Waals surface area contributed by atoms with Crippen LogP contribution in [0.15, 0.2) is 59.3 Å². The first-order chi connectivity index (χ1) is 16.7. The Labute approximate surface area is 199 Å². The maximum atomic E-state index is 14.2. The quantitative estimate of drug-likeness (QED) is 0.376. The predicted octanol–water partition coefficient (Wildman–Crippen LogP) is 5.98. The van der Waals surface area contributed by atoms with Crippen LogP contribution in [0.4, 0.5) is 10.1 Å². The molecule has 3 heterocycles. The molecular weight excluding hydrogens is 429 g/mol. The second-order valence-electron chi connectivity index (χ2n) is 9.58. The van der Waals surface area contributed by atoms with Gasteiger partial charge in [0, 0.05) is 54.8 Å². The van der Waals surface area contributed by atoms with Gasteiger partial charge in [0.15, 0.2) is 0 Å². The highest BCUT2D eigenvalue weighted by Gasteiger charge is 2.30. The minimum Gasteiger partial charge on any atom is -0.497 e. The van der Waals surface area contributed by atoms with E-state index in [9.17, 15) is 4.39 Å². The molecule has 0 amide bonds. The summed E-state index contributed by atoms with van der Waals surface area (Å²) < 4.78 is 25.5. The lowest BCUT2D eigenvalue weighted by Gasteiger charge is -2.42. The van der Waals surface area contributed by atoms with Crippen LogP contribution in [0.25, 0.3) is 21.9 Å². The molecule has 0 bridgehead atoms. The lowest BCUT2D eigenvalue weighted by Crippen LogP contribution is -2.51. The monoisotopic (exact) mass is 459 g/mol. The summed E-state index contributed by atoms with van der Waals surface area (Å²) in [4.78, 5) is 9.47. The number of ether oxygens (including phenoxy) is 1. The number of hydrogen-bond acceptors (Lipinski definition) is 5. The van der Waals surface area contributed by atoms with E-state index in [1.54, 1.807) is 25.4 Å². The van der Waals surface area contributed by atoms with Crippen LogP contribution in [0.1, 0.15) is 37.2 Å². The van der Waals surface area contributed by atoms with Crippen molar-refractivity contribution in [1.29, 1.82) is 0 Å². The molecule has 2 aromatic carbocycles. The molecule has 0 atom stereocenters. The Kier molecular flexibility index (Phi) is 5.61. The predicted molar refractivity (Wildman–Crippen MR) is 133 cm³/mol. The fourth-order valence-electron chi connectivity index (χ4n) is 5.93. The van der Waals surface area contributed by atoms with E-state index in [1.165, 1.54) is 36.6 Å². The highest BCUT2D eigenvalue weighted by molar-refractivity contribution is 5.91. The highest BCUT2D eigenvalue weighted by atomic mass is 19.1. The van der Waals surface area contributed by atoms with Crippen LogP contribution >= 0.6 is 0 Å². The molecule has 176 valence electrons. The van der Waals surface area contributed by atoms with Crippen LogP contribution in [-0.2, 0) is 0 Å². The molecule has 1 aliphatic carbocycles. The molecule has 0 radical (unpaired) electrons. The molecule has 0 unspecified atom stereocenters. The molecule has 2 aliphatic rings. The maximum Gasteiger partial charge on any atom is 0.134 e. The van der Waals surface area contributed by atoms with E-state index in [1.807, 2.05) is 30.5 Å². The van der Waals surface area contributed by atoms with Crippen LogP contribution in [0, 0.1) is 5.82 Å². The third kappa shape index (κ3) is 3.90. The zero-order chi connectivity index (χ0) is 23.1. The number of fused-ring (bicyclic) bond motifs is 2. The van der Waals surface area contributed by atoms with Crippen molar-refractivity contribution in [2.75, 3.05) is 38.2 Å². The molecule has 1 saturated heterocycles. The number of methoxy groups -OCH3 is 1. The van der Waals surface area contributed by atoms with Gasteiger partial charge in [-0.2, -0.15) is 0 Å². The van der Waals surface area contributed by atoms with Crippen molar-refractivity contribution in [2.45, 2.75) is 37.6 Å². The summed E-state index contributed by atoms with van der Waals surface area (Å²) >= 11 is 0. The molecule has 34 heavy (non-hydrogen) atoms. The minimum atomic E-state index is -0.194. The summed E-state index contributed by atoms with van der Waals surface area (Å²) in [5.74, 6) is 1.22. The third-order valence-electron chi connectivity index (χ3n) is 7.77. The summed E-state index contributed by atoms with van der Waals surface area (Å²) in [5.41, 5.74) is 4.07. The van der Waals surface area contributed by atoms with Crippen LogP contribution in [0.3, 0.4) is 0 Å². The van der Waals surface area contributed by atoms with E-state index >= 15 is 0 Å². The van der Waals surface area contributed by atoms with Gasteiger partial charge in [0.05, 0.1) is 24.6 Å². The van der Waals surface area contributed by atoms with Crippen molar-refractivity contribution in [2.24, 2.45) is 0 Å². The van der Waals surface area contributed by atoms with Gasteiger partial charge in [-0.15, -0.1) is 0 Å². The Morgan fingerprint density at radius 3 is 2.62 bits per heavy atom. The van der Waals surface area contributed by atoms with E-state index in [-0.39, 0.29) is 5.82 Å². The molecule has 2 aromatic heterocycles. The Hall–Kier alpha value is -3.12. The van der Waals surface area contributed by atoms with Crippen molar-refractivity contribution in [1.82, 2.24) is 9.88 Å². The summed E-state index contributed by atoms with van der Waals surface area (Å²) in [5, 5.41) is 2.05. The summed E-state index contributed by atoms with van der Waals surface area (Å²) in [7, 11) is 1.71. The average Bonchev–Trinajstić information content (AvgIpc) is 3.31. The van der Waals surface area contributed by atoms with Crippen molar-refractivity contribution in [3.8, 4) is 5.75 Å². The van der Waals surface area contributed by atoms with Gasteiger partial charge in [0.25, 0.3) is 0 Å². The van der Waals surface area contributed by atoms with E-state index in [4.69, 9.17) is 9.15 Å². The summed E-state index contributed by atoms with van der Waals surface area (Å²) in [6.45, 7) is 3.82. The number of benzene rings is 2. The van der Waals surface area contributed by atoms with Crippen LogP contribution in [0.2, 0.25) is 0 Å². The van der Waals surface area contributed by atoms with Crippen molar-refractivity contribution >= 4 is 27.6 Å². The second kappa shape index (κ2) is 8.91. The molecular formula is C28H30FN3O2. The van der Waals surface area contributed by atoms with Gasteiger partial charge in [-0.1, -0.05) is 6.07 Å². The first-order valence-corrected chi connectivity index (χ1v) is 12.3. The van der Waals surface area contributed by atoms with Crippen LogP contribution < -0.4 is 9.64 Å². The zero-order valence-corrected chi connectivity index (χ0v) is 19.5. The van der Waals surface area contributed by atoms with Crippen LogP contribution in [0.5, 0.6) is 5.75 Å². The largest absolute Gasteiger partial charge is 0.497 e. The standard InChI is InChI=1S/C28H30FN3O2/c1-33-23-8-9-27-24(17-23)25(18-34-27)19-4-6-22(7-5-19)31-11-13-32(14-12-31)26-16-21(29)15-20-3-2-10-30-28(20)26/h2-3,8-10,15-19,22H,4-7,11-14H2,1H3. The third-order valence-corrected chi connectivity index (χ3v) is 7.77. The van der Waals surface area contributed by atoms with Gasteiger partial charge < -0.3 is 14.1 Å². The van der Waals surface area contributed by atoms with E-state index in [0.29, 0.717) is 12.0 Å². The van der Waals surface area contributed by atoms with Gasteiger partial charge in [-0.05, 0) is 68.0 Å². The fraction of sp³-hybridized carbons (Fsp3) is 0.393. The van der Waals surface area contributed by atoms with E-state index < -0.39 is 0 Å². The SMILES string of the molecule is COc1ccc2occ(C3CCC(N4CCN(c5cc(F)cc6cccnc56)CC4)CC3)c2c1. The number of aromatic nitrogens is 1. The van der Waals surface area contributed by atoms with E-state index in [2.05, 4.69) is 20.9 Å².